The molecule has 30 heavy (non-hydrogen) atoms. The van der Waals surface area contributed by atoms with E-state index in [9.17, 15) is 25.5 Å². The lowest BCUT2D eigenvalue weighted by Gasteiger charge is -2.48. The predicted molar refractivity (Wildman–Crippen MR) is 110 cm³/mol. The Bertz CT molecular complexity index is 844. The first-order valence-corrected chi connectivity index (χ1v) is 9.97. The number of aliphatic hydroxyl groups is 5. The van der Waals surface area contributed by atoms with E-state index in [1.54, 1.807) is 18.2 Å². The van der Waals surface area contributed by atoms with Crippen LogP contribution in [0, 0.1) is 0 Å². The molecular weight excluding hydrogens is 414 g/mol. The Labute approximate surface area is 179 Å². The Balaban J connectivity index is 1.88. The number of ether oxygens (including phenoxy) is 1. The quantitative estimate of drug-likeness (QED) is 0.430. The first-order chi connectivity index (χ1) is 14.3. The van der Waals surface area contributed by atoms with Crippen LogP contribution in [-0.2, 0) is 11.3 Å². The van der Waals surface area contributed by atoms with Crippen LogP contribution in [0.4, 0.5) is 5.69 Å². The van der Waals surface area contributed by atoms with Crippen LogP contribution in [0.2, 0.25) is 5.02 Å². The van der Waals surface area contributed by atoms with Gasteiger partial charge in [0, 0.05) is 5.02 Å². The summed E-state index contributed by atoms with van der Waals surface area (Å²) in [4.78, 5) is 5.55. The van der Waals surface area contributed by atoms with Crippen molar-refractivity contribution in [2.45, 2.75) is 37.4 Å². The van der Waals surface area contributed by atoms with Gasteiger partial charge in [-0.15, -0.1) is 0 Å². The van der Waals surface area contributed by atoms with Crippen LogP contribution in [-0.4, -0.2) is 69.4 Å². The fourth-order valence-electron chi connectivity index (χ4n) is 3.34. The van der Waals surface area contributed by atoms with Gasteiger partial charge in [0.1, 0.15) is 18.0 Å². The second kappa shape index (κ2) is 9.49. The fourth-order valence-corrected chi connectivity index (χ4v) is 3.53. The fraction of sp³-hybridized carbons (Fsp3) is 0.429. The Morgan fingerprint density at radius 1 is 1.07 bits per heavy atom. The van der Waals surface area contributed by atoms with Gasteiger partial charge in [-0.25, -0.2) is 5.06 Å². The van der Waals surface area contributed by atoms with Crippen molar-refractivity contribution in [1.82, 2.24) is 0 Å². The third-order valence-corrected chi connectivity index (χ3v) is 5.51. The lowest BCUT2D eigenvalue weighted by molar-refractivity contribution is -0.268. The van der Waals surface area contributed by atoms with E-state index < -0.39 is 37.3 Å². The second-order valence-electron chi connectivity index (χ2n) is 7.18. The summed E-state index contributed by atoms with van der Waals surface area (Å²) < 4.78 is 5.44. The molecule has 0 amide bonds. The first kappa shape index (κ1) is 22.8. The number of nitrogens with zero attached hydrogens (tertiary/aromatic N) is 1. The van der Waals surface area contributed by atoms with Gasteiger partial charge in [-0.05, 0) is 54.8 Å². The molecule has 0 radical (unpaired) electrons. The predicted octanol–water partition coefficient (Wildman–Crippen LogP) is 0.845. The summed E-state index contributed by atoms with van der Waals surface area (Å²) in [6, 6.07) is 12.4. The van der Waals surface area contributed by atoms with Crippen LogP contribution < -0.4 is 9.80 Å². The molecule has 0 spiro atoms. The zero-order valence-electron chi connectivity index (χ0n) is 16.5. The number of hydrogen-bond acceptors (Lipinski definition) is 8. The summed E-state index contributed by atoms with van der Waals surface area (Å²) in [7, 11) is 0. The van der Waals surface area contributed by atoms with Gasteiger partial charge in [-0.3, -0.25) is 4.84 Å². The SMILES string of the molecule is CCOc1ccc(Cc2cc(N3OC(CO)(CO)[C@@H](O)[C@H](O)[C@H]3O)ccc2Cl)cc1. The number of aliphatic hydroxyl groups excluding tert-OH is 5. The lowest BCUT2D eigenvalue weighted by atomic mass is 9.91. The van der Waals surface area contributed by atoms with E-state index in [2.05, 4.69) is 0 Å². The van der Waals surface area contributed by atoms with E-state index in [0.717, 1.165) is 21.9 Å². The Morgan fingerprint density at radius 3 is 2.33 bits per heavy atom. The third kappa shape index (κ3) is 4.40. The van der Waals surface area contributed by atoms with Gasteiger partial charge in [0.25, 0.3) is 0 Å². The van der Waals surface area contributed by atoms with Crippen molar-refractivity contribution in [3.8, 4) is 5.75 Å². The standard InChI is InChI=1S/C21H26ClNO7/c1-2-29-16-6-3-13(4-7-16)9-14-10-15(5-8-17(14)22)23-20(28)18(26)19(27)21(11-24,12-25)30-23/h3-8,10,18-20,24-28H,2,9,11-12H2,1H3/t18-,19-,20+/m0/s1. The summed E-state index contributed by atoms with van der Waals surface area (Å²) in [6.45, 7) is 0.957. The Hall–Kier alpha value is -1.91. The molecule has 0 aromatic heterocycles. The van der Waals surface area contributed by atoms with Crippen LogP contribution in [0.25, 0.3) is 0 Å². The largest absolute Gasteiger partial charge is 0.494 e. The van der Waals surface area contributed by atoms with Crippen LogP contribution >= 0.6 is 11.6 Å². The van der Waals surface area contributed by atoms with Gasteiger partial charge in [-0.1, -0.05) is 23.7 Å². The van der Waals surface area contributed by atoms with Crippen molar-refractivity contribution in [2.24, 2.45) is 0 Å². The molecule has 164 valence electrons. The number of rotatable bonds is 7. The molecule has 0 aliphatic carbocycles. The maximum absolute atomic E-state index is 10.4. The van der Waals surface area contributed by atoms with Gasteiger partial charge >= 0.3 is 0 Å². The molecule has 0 bridgehead atoms. The molecular formula is C21H26ClNO7. The molecule has 2 aromatic carbocycles. The van der Waals surface area contributed by atoms with Crippen molar-refractivity contribution in [2.75, 3.05) is 24.9 Å². The zero-order chi connectivity index (χ0) is 21.9. The normalized spacial score (nSPS) is 23.4. The maximum atomic E-state index is 10.4. The Morgan fingerprint density at radius 2 is 1.73 bits per heavy atom. The van der Waals surface area contributed by atoms with Crippen LogP contribution in [0.1, 0.15) is 18.1 Å². The highest BCUT2D eigenvalue weighted by Crippen LogP contribution is 2.34. The van der Waals surface area contributed by atoms with E-state index >= 15 is 0 Å². The number of halogens is 1. The summed E-state index contributed by atoms with van der Waals surface area (Å²) in [6.07, 6.45) is -4.50. The van der Waals surface area contributed by atoms with Gasteiger partial charge < -0.3 is 30.3 Å². The Kier molecular flexibility index (Phi) is 7.20. The van der Waals surface area contributed by atoms with Gasteiger partial charge in [0.05, 0.1) is 25.5 Å². The molecule has 3 atom stereocenters. The van der Waals surface area contributed by atoms with E-state index in [-0.39, 0.29) is 0 Å². The maximum Gasteiger partial charge on any atom is 0.179 e. The van der Waals surface area contributed by atoms with Crippen LogP contribution in [0.5, 0.6) is 5.75 Å². The highest BCUT2D eigenvalue weighted by atomic mass is 35.5. The molecule has 5 N–H and O–H groups in total. The van der Waals surface area contributed by atoms with Crippen molar-refractivity contribution < 1.29 is 35.1 Å². The second-order valence-corrected chi connectivity index (χ2v) is 7.58. The van der Waals surface area contributed by atoms with Crippen molar-refractivity contribution in [3.63, 3.8) is 0 Å². The molecule has 3 rings (SSSR count). The molecule has 0 unspecified atom stereocenters. The zero-order valence-corrected chi connectivity index (χ0v) is 17.2. The average molecular weight is 440 g/mol. The minimum Gasteiger partial charge on any atom is -0.494 e. The molecule has 2 aromatic rings. The number of hydrogen-bond donors (Lipinski definition) is 5. The number of anilines is 1. The highest BCUT2D eigenvalue weighted by molar-refractivity contribution is 6.31. The molecule has 8 nitrogen and oxygen atoms in total. The van der Waals surface area contributed by atoms with Crippen LogP contribution in [0.15, 0.2) is 42.5 Å². The van der Waals surface area contributed by atoms with E-state index in [0.29, 0.717) is 23.7 Å². The molecule has 1 heterocycles. The monoisotopic (exact) mass is 439 g/mol. The minimum absolute atomic E-state index is 0.338. The third-order valence-electron chi connectivity index (χ3n) is 5.14. The van der Waals surface area contributed by atoms with E-state index in [4.69, 9.17) is 21.2 Å². The average Bonchev–Trinajstić information content (AvgIpc) is 2.76. The first-order valence-electron chi connectivity index (χ1n) is 9.59. The van der Waals surface area contributed by atoms with Gasteiger partial charge in [-0.2, -0.15) is 0 Å². The van der Waals surface area contributed by atoms with E-state index in [1.165, 1.54) is 0 Å². The molecule has 1 saturated heterocycles. The summed E-state index contributed by atoms with van der Waals surface area (Å²) >= 11 is 6.35. The minimum atomic E-state index is -1.87. The molecule has 1 fully saturated rings. The number of benzene rings is 2. The van der Waals surface area contributed by atoms with Crippen molar-refractivity contribution in [1.29, 1.82) is 0 Å². The topological polar surface area (TPSA) is 123 Å². The summed E-state index contributed by atoms with van der Waals surface area (Å²) in [5.74, 6) is 0.767. The molecule has 1 aliphatic rings. The van der Waals surface area contributed by atoms with Gasteiger partial charge in [0.15, 0.2) is 11.8 Å². The highest BCUT2D eigenvalue weighted by Gasteiger charge is 2.53. The summed E-state index contributed by atoms with van der Waals surface area (Å²) in [5.41, 5.74) is 0.180. The molecule has 1 aliphatic heterocycles. The smallest absolute Gasteiger partial charge is 0.179 e. The molecule has 0 saturated carbocycles. The lowest BCUT2D eigenvalue weighted by Crippen LogP contribution is -2.69. The van der Waals surface area contributed by atoms with Crippen LogP contribution in [0.3, 0.4) is 0 Å². The van der Waals surface area contributed by atoms with Crippen molar-refractivity contribution in [3.05, 3.63) is 58.6 Å². The van der Waals surface area contributed by atoms with Gasteiger partial charge in [0.2, 0.25) is 0 Å². The summed E-state index contributed by atoms with van der Waals surface area (Å²) in [5, 5.41) is 51.5. The van der Waals surface area contributed by atoms with Crippen molar-refractivity contribution >= 4 is 17.3 Å². The van der Waals surface area contributed by atoms with E-state index in [1.807, 2.05) is 31.2 Å². The molecule has 9 heteroatoms. The number of hydroxylamine groups is 1.